The minimum absolute atomic E-state index is 0.133. The molecule has 3 N–H and O–H groups in total. The van der Waals surface area contributed by atoms with Crippen LogP contribution >= 0.6 is 0 Å². The summed E-state index contributed by atoms with van der Waals surface area (Å²) in [5.41, 5.74) is 4.92. The molecule has 2 unspecified atom stereocenters. The summed E-state index contributed by atoms with van der Waals surface area (Å²) < 4.78 is 26.4. The van der Waals surface area contributed by atoms with Crippen LogP contribution in [0.3, 0.4) is 0 Å². The summed E-state index contributed by atoms with van der Waals surface area (Å²) in [5.74, 6) is 1.42. The fraction of sp³-hybridized carbons (Fsp3) is 0.357. The van der Waals surface area contributed by atoms with Gasteiger partial charge in [-0.1, -0.05) is 12.1 Å². The normalized spacial score (nSPS) is 20.8. The molecule has 9 nitrogen and oxygen atoms in total. The molecule has 3 aliphatic heterocycles. The third-order valence-corrected chi connectivity index (χ3v) is 7.41. The number of hydrogen-bond acceptors (Lipinski definition) is 6. The molecule has 3 aliphatic rings. The van der Waals surface area contributed by atoms with Gasteiger partial charge >= 0.3 is 6.09 Å². The van der Waals surface area contributed by atoms with Gasteiger partial charge in [0.15, 0.2) is 0 Å². The van der Waals surface area contributed by atoms with Crippen LogP contribution in [0.4, 0.5) is 20.6 Å². The van der Waals surface area contributed by atoms with Gasteiger partial charge in [0.25, 0.3) is 0 Å². The summed E-state index contributed by atoms with van der Waals surface area (Å²) in [6.07, 6.45) is -1.36. The number of carboxylic acid groups (broad SMARTS) is 1. The van der Waals surface area contributed by atoms with Crippen molar-refractivity contribution in [2.45, 2.75) is 25.1 Å². The van der Waals surface area contributed by atoms with Gasteiger partial charge in [0, 0.05) is 54.6 Å². The topological polar surface area (TPSA) is 107 Å². The summed E-state index contributed by atoms with van der Waals surface area (Å²) in [7, 11) is 0. The lowest BCUT2D eigenvalue weighted by atomic mass is 9.95. The molecule has 0 aliphatic carbocycles. The molecule has 2 aromatic carbocycles. The molecule has 6 rings (SSSR count). The second kappa shape index (κ2) is 10.0. The van der Waals surface area contributed by atoms with E-state index in [0.29, 0.717) is 49.8 Å². The van der Waals surface area contributed by atoms with E-state index in [0.717, 1.165) is 46.1 Å². The molecular weight excluding hydrogens is 491 g/mol. The molecule has 10 heteroatoms. The van der Waals surface area contributed by atoms with Gasteiger partial charge in [-0.05, 0) is 42.3 Å². The molecule has 0 spiro atoms. The number of likely N-dealkylation sites (tertiary alicyclic amines) is 1. The highest BCUT2D eigenvalue weighted by molar-refractivity contribution is 5.74. The number of nitrogens with zero attached hydrogens (tertiary/aromatic N) is 2. The van der Waals surface area contributed by atoms with Crippen LogP contribution in [0.1, 0.15) is 17.5 Å². The van der Waals surface area contributed by atoms with Crippen molar-refractivity contribution in [3.8, 4) is 22.8 Å². The van der Waals surface area contributed by atoms with Crippen molar-refractivity contribution in [1.29, 1.82) is 0 Å². The maximum atomic E-state index is 14.6. The molecule has 0 bridgehead atoms. The number of hydrogen-bond donors (Lipinski definition) is 3. The largest absolute Gasteiger partial charge is 0.465 e. The van der Waals surface area contributed by atoms with Crippen LogP contribution in [0, 0.1) is 0 Å². The molecule has 2 fully saturated rings. The van der Waals surface area contributed by atoms with Gasteiger partial charge in [0.1, 0.15) is 17.7 Å². The van der Waals surface area contributed by atoms with Crippen LogP contribution in [0.15, 0.2) is 53.3 Å². The van der Waals surface area contributed by atoms with Crippen molar-refractivity contribution >= 4 is 17.5 Å². The van der Waals surface area contributed by atoms with Crippen molar-refractivity contribution in [1.82, 2.24) is 9.88 Å². The fourth-order valence-electron chi connectivity index (χ4n) is 5.41. The molecule has 2 saturated heterocycles. The first kappa shape index (κ1) is 24.3. The van der Waals surface area contributed by atoms with Gasteiger partial charge in [-0.15, -0.1) is 0 Å². The molecule has 38 heavy (non-hydrogen) atoms. The second-order valence-corrected chi connectivity index (χ2v) is 9.90. The Morgan fingerprint density at radius 1 is 1.08 bits per heavy atom. The number of aromatic amines is 1. The number of ether oxygens (including phenoxy) is 2. The summed E-state index contributed by atoms with van der Waals surface area (Å²) in [6.45, 7) is 2.90. The first-order chi connectivity index (χ1) is 18.4. The van der Waals surface area contributed by atoms with Gasteiger partial charge < -0.3 is 34.7 Å². The van der Waals surface area contributed by atoms with Gasteiger partial charge in [-0.2, -0.15) is 0 Å². The number of aromatic nitrogens is 1. The zero-order valence-electron chi connectivity index (χ0n) is 20.8. The maximum Gasteiger partial charge on any atom is 0.407 e. The minimum atomic E-state index is -1.29. The molecular formula is C28H29FN4O5. The van der Waals surface area contributed by atoms with E-state index in [1.54, 1.807) is 6.07 Å². The highest BCUT2D eigenvalue weighted by atomic mass is 19.1. The van der Waals surface area contributed by atoms with Crippen molar-refractivity contribution in [2.24, 2.45) is 0 Å². The first-order valence-corrected chi connectivity index (χ1v) is 12.8. The number of amides is 1. The Balaban J connectivity index is 1.23. The van der Waals surface area contributed by atoms with E-state index in [4.69, 9.17) is 14.6 Å². The van der Waals surface area contributed by atoms with Crippen LogP contribution in [0.25, 0.3) is 11.3 Å². The monoisotopic (exact) mass is 520 g/mol. The number of alkyl halides is 1. The molecule has 198 valence electrons. The summed E-state index contributed by atoms with van der Waals surface area (Å²) in [5, 5.41) is 12.4. The number of carbonyl (C=O) groups is 1. The van der Waals surface area contributed by atoms with Gasteiger partial charge in [0.2, 0.25) is 5.56 Å². The zero-order chi connectivity index (χ0) is 26.2. The molecule has 0 radical (unpaired) electrons. The van der Waals surface area contributed by atoms with Crippen molar-refractivity contribution in [3.63, 3.8) is 0 Å². The fourth-order valence-corrected chi connectivity index (χ4v) is 5.41. The van der Waals surface area contributed by atoms with Crippen LogP contribution in [0.2, 0.25) is 0 Å². The van der Waals surface area contributed by atoms with E-state index in [9.17, 15) is 14.0 Å². The Labute approximate surface area is 218 Å². The lowest BCUT2D eigenvalue weighted by molar-refractivity contribution is 0.101. The van der Waals surface area contributed by atoms with E-state index in [1.165, 1.54) is 0 Å². The van der Waals surface area contributed by atoms with E-state index >= 15 is 0 Å². The van der Waals surface area contributed by atoms with Crippen molar-refractivity contribution < 1.29 is 23.8 Å². The zero-order valence-corrected chi connectivity index (χ0v) is 20.8. The number of nitrogens with one attached hydrogen (secondary N) is 2. The number of H-pyrrole nitrogens is 1. The average Bonchev–Trinajstić information content (AvgIpc) is 2.92. The number of para-hydroxylation sites is 1. The van der Waals surface area contributed by atoms with Crippen molar-refractivity contribution in [3.05, 3.63) is 70.0 Å². The predicted molar refractivity (Wildman–Crippen MR) is 141 cm³/mol. The second-order valence-electron chi connectivity index (χ2n) is 9.90. The lowest BCUT2D eigenvalue weighted by Crippen LogP contribution is -2.49. The van der Waals surface area contributed by atoms with Crippen LogP contribution in [-0.2, 0) is 11.2 Å². The highest BCUT2D eigenvalue weighted by Gasteiger charge is 2.32. The van der Waals surface area contributed by atoms with Crippen LogP contribution < -0.4 is 20.5 Å². The standard InChI is InChI=1S/C28H29FN4O5/c29-22-16-33(28(35)36)7-6-23(22)30-19-4-5-25-18(13-19)12-17-2-1-3-21(27(17)38-25)24-14-20(15-26(34)31-24)32-8-10-37-11-9-32/h1-5,13-15,22-23,30H,6-12,16H2,(H,31,34)(H,35,36). The van der Waals surface area contributed by atoms with E-state index in [-0.39, 0.29) is 12.1 Å². The number of piperidine rings is 1. The molecule has 4 heterocycles. The SMILES string of the molecule is O=C(O)N1CCC(Nc2ccc3c(c2)Cc2cccc(-c4cc(N5CCOCC5)cc(=O)[nH]4)c2O3)C(F)C1. The molecule has 3 aromatic rings. The van der Waals surface area contributed by atoms with Gasteiger partial charge in [-0.25, -0.2) is 9.18 Å². The Morgan fingerprint density at radius 2 is 1.92 bits per heavy atom. The number of pyridine rings is 1. The Morgan fingerprint density at radius 3 is 2.71 bits per heavy atom. The first-order valence-electron chi connectivity index (χ1n) is 12.8. The summed E-state index contributed by atoms with van der Waals surface area (Å²) >= 11 is 0. The summed E-state index contributed by atoms with van der Waals surface area (Å²) in [6, 6.07) is 14.7. The van der Waals surface area contributed by atoms with Gasteiger partial charge in [-0.3, -0.25) is 4.79 Å². The maximum absolute atomic E-state index is 14.6. The number of rotatable bonds is 4. The van der Waals surface area contributed by atoms with E-state index in [1.807, 2.05) is 42.5 Å². The van der Waals surface area contributed by atoms with E-state index < -0.39 is 18.3 Å². The number of benzene rings is 2. The molecule has 1 amide bonds. The van der Waals surface area contributed by atoms with Gasteiger partial charge in [0.05, 0.1) is 31.5 Å². The highest BCUT2D eigenvalue weighted by Crippen LogP contribution is 2.43. The lowest BCUT2D eigenvalue weighted by Gasteiger charge is -2.34. The minimum Gasteiger partial charge on any atom is -0.465 e. The molecule has 1 aromatic heterocycles. The van der Waals surface area contributed by atoms with Crippen LogP contribution in [-0.4, -0.2) is 72.7 Å². The Bertz CT molecular complexity index is 1420. The number of fused-ring (bicyclic) bond motifs is 2. The van der Waals surface area contributed by atoms with Crippen LogP contribution in [0.5, 0.6) is 11.5 Å². The molecule has 0 saturated carbocycles. The third-order valence-electron chi connectivity index (χ3n) is 7.41. The third kappa shape index (κ3) is 4.79. The van der Waals surface area contributed by atoms with Crippen molar-refractivity contribution in [2.75, 3.05) is 49.6 Å². The van der Waals surface area contributed by atoms with E-state index in [2.05, 4.69) is 15.2 Å². The number of halogens is 1. The number of anilines is 2. The average molecular weight is 521 g/mol. The smallest absolute Gasteiger partial charge is 0.407 e. The molecule has 2 atom stereocenters. The predicted octanol–water partition coefficient (Wildman–Crippen LogP) is 4.08. The Hall–Kier alpha value is -4.05. The summed E-state index contributed by atoms with van der Waals surface area (Å²) in [4.78, 5) is 29.9. The Kier molecular flexibility index (Phi) is 6.40. The quantitative estimate of drug-likeness (QED) is 0.372. The number of morpholine rings is 1.